The van der Waals surface area contributed by atoms with Crippen molar-refractivity contribution in [3.05, 3.63) is 53.5 Å². The van der Waals surface area contributed by atoms with Gasteiger partial charge in [0, 0.05) is 11.8 Å². The Balaban J connectivity index is 1.65. The molecule has 0 spiro atoms. The average Bonchev–Trinajstić information content (AvgIpc) is 2.67. The molecule has 1 fully saturated rings. The van der Waals surface area contributed by atoms with Gasteiger partial charge in [0.05, 0.1) is 5.69 Å². The minimum Gasteiger partial charge on any atom is -0.256 e. The van der Waals surface area contributed by atoms with E-state index in [1.54, 1.807) is 6.07 Å². The Labute approximate surface area is 151 Å². The third-order valence-corrected chi connectivity index (χ3v) is 5.79. The van der Waals surface area contributed by atoms with Crippen LogP contribution in [0.3, 0.4) is 0 Å². The summed E-state index contributed by atoms with van der Waals surface area (Å²) in [5, 5.41) is 0. The number of nitrogens with zero attached hydrogens (tertiary/aromatic N) is 1. The predicted molar refractivity (Wildman–Crippen MR) is 103 cm³/mol. The summed E-state index contributed by atoms with van der Waals surface area (Å²) in [6.45, 7) is 4.32. The smallest absolute Gasteiger partial charge is 0.132 e. The molecule has 0 aliphatic heterocycles. The van der Waals surface area contributed by atoms with Crippen LogP contribution in [0.15, 0.2) is 36.5 Å². The lowest BCUT2D eigenvalue weighted by Gasteiger charge is -2.28. The van der Waals surface area contributed by atoms with Gasteiger partial charge in [-0.1, -0.05) is 45.2 Å². The topological polar surface area (TPSA) is 12.9 Å². The maximum Gasteiger partial charge on any atom is 0.132 e. The molecule has 0 amide bonds. The lowest BCUT2D eigenvalue weighted by molar-refractivity contribution is 0.304. The van der Waals surface area contributed by atoms with Gasteiger partial charge in [-0.05, 0) is 73.3 Å². The summed E-state index contributed by atoms with van der Waals surface area (Å²) in [6, 6.07) is 9.62. The minimum atomic E-state index is -0.170. The van der Waals surface area contributed by atoms with E-state index < -0.39 is 0 Å². The van der Waals surface area contributed by atoms with Crippen molar-refractivity contribution in [2.75, 3.05) is 0 Å². The van der Waals surface area contributed by atoms with Gasteiger partial charge in [0.15, 0.2) is 0 Å². The molecule has 2 heteroatoms. The Morgan fingerprint density at radius 3 is 2.44 bits per heavy atom. The number of pyridine rings is 1. The fraction of sp³-hybridized carbons (Fsp3) is 0.522. The maximum atomic E-state index is 14.3. The van der Waals surface area contributed by atoms with Crippen LogP contribution in [0.25, 0.3) is 11.3 Å². The number of benzene rings is 1. The van der Waals surface area contributed by atoms with Crippen molar-refractivity contribution < 1.29 is 4.39 Å². The SMILES string of the molecule is CCCC[C@H]1CC[C@H](c2ccc(-c3ccc(CC)cc3F)nc2)CC1. The molecule has 25 heavy (non-hydrogen) atoms. The van der Waals surface area contributed by atoms with Crippen molar-refractivity contribution >= 4 is 0 Å². The second-order valence-corrected chi connectivity index (χ2v) is 7.50. The van der Waals surface area contributed by atoms with Crippen LogP contribution in [0.4, 0.5) is 4.39 Å². The first-order valence-corrected chi connectivity index (χ1v) is 9.96. The number of rotatable bonds is 6. The number of unbranched alkanes of at least 4 members (excludes halogenated alkanes) is 1. The van der Waals surface area contributed by atoms with Gasteiger partial charge in [0.2, 0.25) is 0 Å². The molecule has 0 atom stereocenters. The predicted octanol–water partition coefficient (Wildman–Crippen LogP) is 6.91. The standard InChI is InChI=1S/C23H30FN/c1-3-5-6-18-7-10-19(11-8-18)20-12-14-23(25-16-20)21-13-9-17(4-2)15-22(21)24/h9,12-16,18-19H,3-8,10-11H2,1-2H3/t18-,19-. The highest BCUT2D eigenvalue weighted by molar-refractivity contribution is 5.60. The minimum absolute atomic E-state index is 0.170. The average molecular weight is 339 g/mol. The molecule has 134 valence electrons. The van der Waals surface area contributed by atoms with Crippen LogP contribution in [0.1, 0.15) is 75.8 Å². The van der Waals surface area contributed by atoms with Crippen molar-refractivity contribution in [2.24, 2.45) is 5.92 Å². The van der Waals surface area contributed by atoms with Crippen molar-refractivity contribution in [3.63, 3.8) is 0 Å². The lowest BCUT2D eigenvalue weighted by Crippen LogP contribution is -2.13. The van der Waals surface area contributed by atoms with E-state index in [0.29, 0.717) is 11.5 Å². The van der Waals surface area contributed by atoms with Crippen LogP contribution in [0.2, 0.25) is 0 Å². The van der Waals surface area contributed by atoms with Crippen LogP contribution in [0.5, 0.6) is 0 Å². The molecular weight excluding hydrogens is 309 g/mol. The molecule has 0 radical (unpaired) electrons. The summed E-state index contributed by atoms with van der Waals surface area (Å²) in [7, 11) is 0. The summed E-state index contributed by atoms with van der Waals surface area (Å²) in [5.41, 5.74) is 3.69. The molecule has 1 saturated carbocycles. The maximum absolute atomic E-state index is 14.3. The van der Waals surface area contributed by atoms with Gasteiger partial charge in [-0.2, -0.15) is 0 Å². The summed E-state index contributed by atoms with van der Waals surface area (Å²) in [4.78, 5) is 4.57. The molecule has 0 N–H and O–H groups in total. The third kappa shape index (κ3) is 4.48. The molecule has 1 aromatic carbocycles. The van der Waals surface area contributed by atoms with Crippen molar-refractivity contribution in [1.29, 1.82) is 0 Å². The van der Waals surface area contributed by atoms with E-state index in [1.165, 1.54) is 50.5 Å². The Kier molecular flexibility index (Phi) is 6.23. The summed E-state index contributed by atoms with van der Waals surface area (Å²) in [5.74, 6) is 1.39. The van der Waals surface area contributed by atoms with Gasteiger partial charge >= 0.3 is 0 Å². The van der Waals surface area contributed by atoms with Gasteiger partial charge in [-0.15, -0.1) is 0 Å². The van der Waals surface area contributed by atoms with Crippen molar-refractivity contribution in [3.8, 4) is 11.3 Å². The molecular formula is C23H30FN. The van der Waals surface area contributed by atoms with Gasteiger partial charge < -0.3 is 0 Å². The highest BCUT2D eigenvalue weighted by Gasteiger charge is 2.22. The molecule has 3 rings (SSSR count). The number of halogens is 1. The Morgan fingerprint density at radius 1 is 1.04 bits per heavy atom. The third-order valence-electron chi connectivity index (χ3n) is 5.79. The zero-order chi connectivity index (χ0) is 17.6. The number of hydrogen-bond acceptors (Lipinski definition) is 1. The van der Waals surface area contributed by atoms with E-state index in [9.17, 15) is 4.39 Å². The molecule has 0 unspecified atom stereocenters. The Morgan fingerprint density at radius 2 is 1.84 bits per heavy atom. The molecule has 2 aromatic rings. The molecule has 1 heterocycles. The van der Waals surface area contributed by atoms with E-state index in [0.717, 1.165) is 23.6 Å². The molecule has 0 bridgehead atoms. The second-order valence-electron chi connectivity index (χ2n) is 7.50. The van der Waals surface area contributed by atoms with Crippen LogP contribution < -0.4 is 0 Å². The van der Waals surface area contributed by atoms with Crippen LogP contribution in [-0.4, -0.2) is 4.98 Å². The summed E-state index contributed by atoms with van der Waals surface area (Å²) >= 11 is 0. The zero-order valence-electron chi connectivity index (χ0n) is 15.6. The quantitative estimate of drug-likeness (QED) is 0.557. The Hall–Kier alpha value is -1.70. The van der Waals surface area contributed by atoms with E-state index in [4.69, 9.17) is 0 Å². The highest BCUT2D eigenvalue weighted by Crippen LogP contribution is 2.37. The highest BCUT2D eigenvalue weighted by atomic mass is 19.1. The first-order valence-electron chi connectivity index (χ1n) is 9.96. The van der Waals surface area contributed by atoms with E-state index in [1.807, 2.05) is 31.3 Å². The van der Waals surface area contributed by atoms with Gasteiger partial charge in [-0.25, -0.2) is 4.39 Å². The van der Waals surface area contributed by atoms with E-state index >= 15 is 0 Å². The molecule has 1 aliphatic rings. The van der Waals surface area contributed by atoms with Gasteiger partial charge in [0.25, 0.3) is 0 Å². The first-order chi connectivity index (χ1) is 12.2. The molecule has 1 aromatic heterocycles. The summed E-state index contributed by atoms with van der Waals surface area (Å²) in [6.07, 6.45) is 12.1. The van der Waals surface area contributed by atoms with Gasteiger partial charge in [-0.3, -0.25) is 4.98 Å². The number of hydrogen-bond donors (Lipinski definition) is 0. The molecule has 1 nitrogen and oxygen atoms in total. The lowest BCUT2D eigenvalue weighted by atomic mass is 9.77. The van der Waals surface area contributed by atoms with E-state index in [2.05, 4.69) is 18.0 Å². The largest absolute Gasteiger partial charge is 0.256 e. The fourth-order valence-corrected chi connectivity index (χ4v) is 4.07. The van der Waals surface area contributed by atoms with E-state index in [-0.39, 0.29) is 5.82 Å². The number of aryl methyl sites for hydroxylation is 1. The normalized spacial score (nSPS) is 20.6. The van der Waals surface area contributed by atoms with Gasteiger partial charge in [0.1, 0.15) is 5.82 Å². The zero-order valence-corrected chi connectivity index (χ0v) is 15.6. The first kappa shape index (κ1) is 18.1. The second kappa shape index (κ2) is 8.60. The number of aromatic nitrogens is 1. The van der Waals surface area contributed by atoms with Crippen LogP contribution >= 0.6 is 0 Å². The molecule has 0 saturated heterocycles. The van der Waals surface area contributed by atoms with Crippen LogP contribution in [-0.2, 0) is 6.42 Å². The van der Waals surface area contributed by atoms with Crippen LogP contribution in [0, 0.1) is 11.7 Å². The Bertz CT molecular complexity index is 669. The van der Waals surface area contributed by atoms with Crippen molar-refractivity contribution in [2.45, 2.75) is 71.1 Å². The summed E-state index contributed by atoms with van der Waals surface area (Å²) < 4.78 is 14.3. The fourth-order valence-electron chi connectivity index (χ4n) is 4.07. The molecule has 1 aliphatic carbocycles. The van der Waals surface area contributed by atoms with Crippen molar-refractivity contribution in [1.82, 2.24) is 4.98 Å². The monoisotopic (exact) mass is 339 g/mol.